The molecule has 0 aromatic heterocycles. The van der Waals surface area contributed by atoms with Gasteiger partial charge in [-0.1, -0.05) is 6.07 Å². The molecule has 4 nitrogen and oxygen atoms in total. The third-order valence-electron chi connectivity index (χ3n) is 2.79. The van der Waals surface area contributed by atoms with Crippen LogP contribution in [0.15, 0.2) is 36.4 Å². The van der Waals surface area contributed by atoms with Crippen LogP contribution in [0.2, 0.25) is 0 Å². The lowest BCUT2D eigenvalue weighted by molar-refractivity contribution is 0.345. The maximum absolute atomic E-state index is 5.90. The molecule has 0 spiro atoms. The van der Waals surface area contributed by atoms with Gasteiger partial charge in [0.25, 0.3) is 0 Å². The topological polar surface area (TPSA) is 53.7 Å². The van der Waals surface area contributed by atoms with Crippen molar-refractivity contribution >= 4 is 5.69 Å². The smallest absolute Gasteiger partial charge is 0.211 e. The number of benzene rings is 2. The van der Waals surface area contributed by atoms with Crippen molar-refractivity contribution < 1.29 is 14.2 Å². The zero-order valence-electron chi connectivity index (χ0n) is 11.3. The van der Waals surface area contributed by atoms with Gasteiger partial charge < -0.3 is 19.9 Å². The van der Waals surface area contributed by atoms with E-state index in [1.54, 1.807) is 20.3 Å². The number of hydrogen-bond donors (Lipinski definition) is 1. The van der Waals surface area contributed by atoms with Gasteiger partial charge in [-0.15, -0.1) is 0 Å². The first-order valence-electron chi connectivity index (χ1n) is 5.90. The van der Waals surface area contributed by atoms with Crippen molar-refractivity contribution in [3.63, 3.8) is 0 Å². The molecule has 2 N–H and O–H groups in total. The Morgan fingerprint density at radius 3 is 2.05 bits per heavy atom. The molecule has 0 saturated carbocycles. The Hall–Kier alpha value is -2.36. The Labute approximate surface area is 112 Å². The van der Waals surface area contributed by atoms with Crippen LogP contribution in [-0.4, -0.2) is 14.2 Å². The molecule has 100 valence electrons. The van der Waals surface area contributed by atoms with Gasteiger partial charge in [-0.2, -0.15) is 0 Å². The summed E-state index contributed by atoms with van der Waals surface area (Å²) >= 11 is 0. The largest absolute Gasteiger partial charge is 0.493 e. The highest BCUT2D eigenvalue weighted by atomic mass is 16.5. The van der Waals surface area contributed by atoms with E-state index in [2.05, 4.69) is 0 Å². The van der Waals surface area contributed by atoms with Gasteiger partial charge in [-0.25, -0.2) is 0 Å². The molecule has 0 saturated heterocycles. The molecule has 2 aromatic rings. The predicted molar refractivity (Wildman–Crippen MR) is 75.2 cm³/mol. The van der Waals surface area contributed by atoms with Gasteiger partial charge in [-0.05, 0) is 42.8 Å². The lowest BCUT2D eigenvalue weighted by Crippen LogP contribution is -1.96. The predicted octanol–water partition coefficient (Wildman–Crippen LogP) is 3.39. The van der Waals surface area contributed by atoms with Crippen LogP contribution in [0.25, 0.3) is 0 Å². The highest BCUT2D eigenvalue weighted by Gasteiger charge is 2.13. The van der Waals surface area contributed by atoms with E-state index in [0.29, 0.717) is 22.9 Å². The van der Waals surface area contributed by atoms with Crippen molar-refractivity contribution in [3.8, 4) is 23.0 Å². The van der Waals surface area contributed by atoms with Crippen LogP contribution >= 0.6 is 0 Å². The SMILES string of the molecule is COc1cccc(OC)c1Oc1ccc(N)cc1C. The molecule has 4 heteroatoms. The van der Waals surface area contributed by atoms with Crippen molar-refractivity contribution in [2.24, 2.45) is 0 Å². The number of aryl methyl sites for hydroxylation is 1. The molecule has 19 heavy (non-hydrogen) atoms. The minimum absolute atomic E-state index is 0.556. The summed E-state index contributed by atoms with van der Waals surface area (Å²) in [5.74, 6) is 2.52. The third kappa shape index (κ3) is 2.73. The van der Waals surface area contributed by atoms with E-state index in [0.717, 1.165) is 11.3 Å². The Balaban J connectivity index is 2.42. The Bertz CT molecular complexity index is 559. The van der Waals surface area contributed by atoms with E-state index in [1.807, 2.05) is 37.3 Å². The lowest BCUT2D eigenvalue weighted by Gasteiger charge is -2.15. The van der Waals surface area contributed by atoms with Crippen molar-refractivity contribution in [1.82, 2.24) is 0 Å². The standard InChI is InChI=1S/C15H17NO3/c1-10-9-11(16)7-8-12(10)19-15-13(17-2)5-4-6-14(15)18-3/h4-9H,16H2,1-3H3. The normalized spacial score (nSPS) is 10.1. The fraction of sp³-hybridized carbons (Fsp3) is 0.200. The van der Waals surface area contributed by atoms with Crippen LogP contribution < -0.4 is 19.9 Å². The number of ether oxygens (including phenoxy) is 3. The summed E-state index contributed by atoms with van der Waals surface area (Å²) < 4.78 is 16.5. The molecule has 0 fully saturated rings. The molecule has 0 bridgehead atoms. The number of nitrogens with two attached hydrogens (primary N) is 1. The third-order valence-corrected chi connectivity index (χ3v) is 2.79. The lowest BCUT2D eigenvalue weighted by atomic mass is 10.2. The molecule has 0 heterocycles. The average molecular weight is 259 g/mol. The number of hydrogen-bond acceptors (Lipinski definition) is 4. The van der Waals surface area contributed by atoms with Crippen LogP contribution in [0.3, 0.4) is 0 Å². The maximum atomic E-state index is 5.90. The first-order chi connectivity index (χ1) is 9.15. The van der Waals surface area contributed by atoms with Gasteiger partial charge in [0.1, 0.15) is 5.75 Å². The summed E-state index contributed by atoms with van der Waals surface area (Å²) in [7, 11) is 3.19. The summed E-state index contributed by atoms with van der Waals surface area (Å²) in [5, 5.41) is 0. The Kier molecular flexibility index (Phi) is 3.80. The highest BCUT2D eigenvalue weighted by molar-refractivity contribution is 5.55. The molecule has 0 radical (unpaired) electrons. The van der Waals surface area contributed by atoms with Crippen LogP contribution in [0, 0.1) is 6.92 Å². The zero-order valence-corrected chi connectivity index (χ0v) is 11.3. The van der Waals surface area contributed by atoms with E-state index in [-0.39, 0.29) is 0 Å². The van der Waals surface area contributed by atoms with Crippen LogP contribution in [0.4, 0.5) is 5.69 Å². The number of anilines is 1. The van der Waals surface area contributed by atoms with Gasteiger partial charge in [0.05, 0.1) is 14.2 Å². The molecule has 0 aliphatic heterocycles. The van der Waals surface area contributed by atoms with Crippen LogP contribution in [-0.2, 0) is 0 Å². The van der Waals surface area contributed by atoms with E-state index < -0.39 is 0 Å². The average Bonchev–Trinajstić information content (AvgIpc) is 2.42. The molecule has 0 atom stereocenters. The Morgan fingerprint density at radius 1 is 0.895 bits per heavy atom. The van der Waals surface area contributed by atoms with Crippen molar-refractivity contribution in [2.45, 2.75) is 6.92 Å². The van der Waals surface area contributed by atoms with Crippen molar-refractivity contribution in [3.05, 3.63) is 42.0 Å². The van der Waals surface area contributed by atoms with Gasteiger partial charge >= 0.3 is 0 Å². The van der Waals surface area contributed by atoms with E-state index in [4.69, 9.17) is 19.9 Å². The zero-order chi connectivity index (χ0) is 13.8. The highest BCUT2D eigenvalue weighted by Crippen LogP contribution is 2.40. The molecular formula is C15H17NO3. The monoisotopic (exact) mass is 259 g/mol. The van der Waals surface area contributed by atoms with E-state index in [9.17, 15) is 0 Å². The van der Waals surface area contributed by atoms with Gasteiger partial charge in [0.15, 0.2) is 11.5 Å². The van der Waals surface area contributed by atoms with Gasteiger partial charge in [-0.3, -0.25) is 0 Å². The molecule has 2 rings (SSSR count). The maximum Gasteiger partial charge on any atom is 0.211 e. The summed E-state index contributed by atoms with van der Waals surface area (Å²) in [4.78, 5) is 0. The van der Waals surface area contributed by atoms with E-state index >= 15 is 0 Å². The summed E-state index contributed by atoms with van der Waals surface area (Å²) in [6.45, 7) is 1.94. The summed E-state index contributed by atoms with van der Waals surface area (Å²) in [5.41, 5.74) is 7.39. The number of rotatable bonds is 4. The van der Waals surface area contributed by atoms with E-state index in [1.165, 1.54) is 0 Å². The number of methoxy groups -OCH3 is 2. The van der Waals surface area contributed by atoms with Crippen LogP contribution in [0.5, 0.6) is 23.0 Å². The second-order valence-electron chi connectivity index (χ2n) is 4.12. The quantitative estimate of drug-likeness (QED) is 0.855. The molecule has 0 amide bonds. The minimum Gasteiger partial charge on any atom is -0.493 e. The molecular weight excluding hydrogens is 242 g/mol. The summed E-state index contributed by atoms with van der Waals surface area (Å²) in [6, 6.07) is 11.0. The molecule has 0 aliphatic carbocycles. The molecule has 2 aromatic carbocycles. The second-order valence-corrected chi connectivity index (χ2v) is 4.12. The van der Waals surface area contributed by atoms with Gasteiger partial charge in [0, 0.05) is 5.69 Å². The molecule has 0 unspecified atom stereocenters. The van der Waals surface area contributed by atoms with Crippen molar-refractivity contribution in [1.29, 1.82) is 0 Å². The fourth-order valence-electron chi connectivity index (χ4n) is 1.81. The van der Waals surface area contributed by atoms with Crippen molar-refractivity contribution in [2.75, 3.05) is 20.0 Å². The second kappa shape index (κ2) is 5.52. The molecule has 0 aliphatic rings. The van der Waals surface area contributed by atoms with Crippen LogP contribution in [0.1, 0.15) is 5.56 Å². The van der Waals surface area contributed by atoms with Gasteiger partial charge in [0.2, 0.25) is 5.75 Å². The fourth-order valence-corrected chi connectivity index (χ4v) is 1.81. The number of para-hydroxylation sites is 1. The number of nitrogen functional groups attached to an aromatic ring is 1. The first kappa shape index (κ1) is 13.1. The Morgan fingerprint density at radius 2 is 1.53 bits per heavy atom. The minimum atomic E-state index is 0.556. The first-order valence-corrected chi connectivity index (χ1v) is 5.90. The summed E-state index contributed by atoms with van der Waals surface area (Å²) in [6.07, 6.45) is 0.